The molecule has 0 spiro atoms. The molecule has 2 aromatic rings. The highest BCUT2D eigenvalue weighted by molar-refractivity contribution is 5.93. The third-order valence-electron chi connectivity index (χ3n) is 5.23. The number of ether oxygens (including phenoxy) is 2. The Morgan fingerprint density at radius 2 is 2.15 bits per heavy atom. The molecule has 1 amide bonds. The van der Waals surface area contributed by atoms with E-state index in [9.17, 15) is 4.79 Å². The van der Waals surface area contributed by atoms with E-state index in [0.717, 1.165) is 44.3 Å². The normalized spacial score (nSPS) is 22.0. The summed E-state index contributed by atoms with van der Waals surface area (Å²) in [5, 5.41) is 10.8. The monoisotopic (exact) mass is 371 g/mol. The minimum atomic E-state index is -0.269. The van der Waals surface area contributed by atoms with Crippen LogP contribution in [0.3, 0.4) is 0 Å². The Balaban J connectivity index is 1.29. The van der Waals surface area contributed by atoms with Crippen LogP contribution in [0.15, 0.2) is 16.7 Å². The van der Waals surface area contributed by atoms with E-state index in [-0.39, 0.29) is 24.8 Å². The van der Waals surface area contributed by atoms with E-state index >= 15 is 0 Å². The Morgan fingerprint density at radius 1 is 1.22 bits per heavy atom. The molecule has 27 heavy (non-hydrogen) atoms. The molecule has 2 aliphatic heterocycles. The zero-order chi connectivity index (χ0) is 18.2. The smallest absolute Gasteiger partial charge is 0.322 e. The van der Waals surface area contributed by atoms with E-state index < -0.39 is 0 Å². The molecule has 0 aromatic carbocycles. The van der Waals surface area contributed by atoms with Gasteiger partial charge < -0.3 is 13.9 Å². The molecule has 1 N–H and O–H groups in total. The molecular weight excluding hydrogens is 350 g/mol. The molecule has 2 fully saturated rings. The molecule has 5 rings (SSSR count). The number of fused-ring (bicyclic) bond motifs is 1. The molecule has 0 radical (unpaired) electrons. The van der Waals surface area contributed by atoms with Crippen molar-refractivity contribution in [2.24, 2.45) is 0 Å². The van der Waals surface area contributed by atoms with Crippen LogP contribution >= 0.6 is 0 Å². The maximum absolute atomic E-state index is 12.8. The molecule has 1 saturated carbocycles. The molecule has 0 bridgehead atoms. The first-order valence-corrected chi connectivity index (χ1v) is 9.40. The number of anilines is 1. The van der Waals surface area contributed by atoms with E-state index in [0.29, 0.717) is 29.9 Å². The van der Waals surface area contributed by atoms with Crippen LogP contribution in [0.5, 0.6) is 11.5 Å². The molecule has 142 valence electrons. The minimum Gasteiger partial charge on any atom is -0.453 e. The van der Waals surface area contributed by atoms with Crippen molar-refractivity contribution in [1.82, 2.24) is 20.1 Å². The number of aromatic nitrogens is 3. The highest BCUT2D eigenvalue weighted by atomic mass is 16.7. The summed E-state index contributed by atoms with van der Waals surface area (Å²) in [5.74, 6) is 2.24. The molecule has 2 aromatic heterocycles. The fourth-order valence-corrected chi connectivity index (χ4v) is 3.64. The molecule has 1 aliphatic carbocycles. The second-order valence-corrected chi connectivity index (χ2v) is 7.18. The number of carbonyl (C=O) groups is 1. The van der Waals surface area contributed by atoms with Crippen LogP contribution in [-0.4, -0.2) is 45.4 Å². The van der Waals surface area contributed by atoms with Crippen molar-refractivity contribution < 1.29 is 18.7 Å². The van der Waals surface area contributed by atoms with Gasteiger partial charge in [0.15, 0.2) is 11.5 Å². The van der Waals surface area contributed by atoms with Crippen LogP contribution in [0.1, 0.15) is 49.6 Å². The molecule has 1 saturated heterocycles. The van der Waals surface area contributed by atoms with Crippen LogP contribution in [0.4, 0.5) is 6.01 Å². The molecule has 9 heteroatoms. The average Bonchev–Trinajstić information content (AvgIpc) is 3.23. The Bertz CT molecular complexity index is 850. The first-order valence-electron chi connectivity index (χ1n) is 9.40. The number of nitrogens with zero attached hydrogens (tertiary/aromatic N) is 4. The van der Waals surface area contributed by atoms with Gasteiger partial charge in [-0.15, -0.1) is 5.10 Å². The van der Waals surface area contributed by atoms with Crippen LogP contribution in [0.2, 0.25) is 0 Å². The van der Waals surface area contributed by atoms with E-state index in [1.54, 1.807) is 12.3 Å². The van der Waals surface area contributed by atoms with E-state index in [4.69, 9.17) is 13.9 Å². The molecular formula is C18H21N5O4. The number of hydrogen-bond acceptors (Lipinski definition) is 8. The van der Waals surface area contributed by atoms with Gasteiger partial charge in [0.25, 0.3) is 0 Å². The summed E-state index contributed by atoms with van der Waals surface area (Å²) in [7, 11) is 0. The maximum atomic E-state index is 12.8. The molecule has 3 aliphatic rings. The van der Waals surface area contributed by atoms with Crippen molar-refractivity contribution in [3.63, 3.8) is 0 Å². The van der Waals surface area contributed by atoms with Crippen LogP contribution < -0.4 is 14.8 Å². The number of hydrogen-bond donors (Lipinski definition) is 1. The Morgan fingerprint density at radius 3 is 3.04 bits per heavy atom. The zero-order valence-corrected chi connectivity index (χ0v) is 14.9. The van der Waals surface area contributed by atoms with Crippen molar-refractivity contribution in [3.05, 3.63) is 23.8 Å². The largest absolute Gasteiger partial charge is 0.453 e. The zero-order valence-electron chi connectivity index (χ0n) is 14.9. The summed E-state index contributed by atoms with van der Waals surface area (Å²) in [6.07, 6.45) is 6.69. The van der Waals surface area contributed by atoms with Gasteiger partial charge in [-0.05, 0) is 32.2 Å². The number of pyridine rings is 1. The fourth-order valence-electron chi connectivity index (χ4n) is 3.64. The van der Waals surface area contributed by atoms with Gasteiger partial charge in [-0.1, -0.05) is 11.5 Å². The van der Waals surface area contributed by atoms with Gasteiger partial charge in [0.1, 0.15) is 5.69 Å². The molecule has 4 heterocycles. The van der Waals surface area contributed by atoms with Gasteiger partial charge in [-0.2, -0.15) is 0 Å². The van der Waals surface area contributed by atoms with Crippen molar-refractivity contribution in [1.29, 1.82) is 0 Å². The van der Waals surface area contributed by atoms with Gasteiger partial charge in [-0.25, -0.2) is 0 Å². The lowest BCUT2D eigenvalue weighted by atomic mass is 10.0. The Kier molecular flexibility index (Phi) is 4.16. The number of likely N-dealkylation sites (tertiary alicyclic amines) is 1. The van der Waals surface area contributed by atoms with Crippen molar-refractivity contribution in [3.8, 4) is 11.5 Å². The standard InChI is InChI=1S/C18H21N5O4/c24-16(20-18-22-21-17(27-18)11-4-5-11)13-3-1-2-8-23(13)9-12-15-14(6-7-19-12)25-10-26-15/h6-7,11,13H,1-5,8-10H2,(H,20,22,24). The lowest BCUT2D eigenvalue weighted by Gasteiger charge is -2.34. The second-order valence-electron chi connectivity index (χ2n) is 7.18. The summed E-state index contributed by atoms with van der Waals surface area (Å²) >= 11 is 0. The Hall–Kier alpha value is -2.68. The highest BCUT2D eigenvalue weighted by Gasteiger charge is 2.33. The average molecular weight is 371 g/mol. The van der Waals surface area contributed by atoms with Crippen LogP contribution in [-0.2, 0) is 11.3 Å². The highest BCUT2D eigenvalue weighted by Crippen LogP contribution is 2.39. The molecule has 1 unspecified atom stereocenters. The van der Waals surface area contributed by atoms with Crippen LogP contribution in [0, 0.1) is 0 Å². The summed E-state index contributed by atoms with van der Waals surface area (Å²) in [4.78, 5) is 19.4. The quantitative estimate of drug-likeness (QED) is 0.852. The first kappa shape index (κ1) is 16.5. The van der Waals surface area contributed by atoms with Gasteiger partial charge in [0.05, 0.1) is 6.04 Å². The van der Waals surface area contributed by atoms with E-state index in [1.807, 2.05) is 0 Å². The summed E-state index contributed by atoms with van der Waals surface area (Å²) in [6.45, 7) is 1.56. The van der Waals surface area contributed by atoms with Crippen molar-refractivity contribution >= 4 is 11.9 Å². The van der Waals surface area contributed by atoms with Gasteiger partial charge >= 0.3 is 6.01 Å². The first-order chi connectivity index (χ1) is 13.3. The number of carbonyl (C=O) groups excluding carboxylic acids is 1. The lowest BCUT2D eigenvalue weighted by Crippen LogP contribution is -2.46. The third-order valence-corrected chi connectivity index (χ3v) is 5.23. The minimum absolute atomic E-state index is 0.120. The third kappa shape index (κ3) is 3.34. The number of rotatable bonds is 5. The summed E-state index contributed by atoms with van der Waals surface area (Å²) in [5.41, 5.74) is 0.790. The topological polar surface area (TPSA) is 103 Å². The fraction of sp³-hybridized carbons (Fsp3) is 0.556. The maximum Gasteiger partial charge on any atom is 0.322 e. The molecule has 1 atom stereocenters. The Labute approximate surface area is 156 Å². The van der Waals surface area contributed by atoms with Crippen LogP contribution in [0.25, 0.3) is 0 Å². The van der Waals surface area contributed by atoms with Crippen molar-refractivity contribution in [2.75, 3.05) is 18.7 Å². The number of amides is 1. The van der Waals surface area contributed by atoms with Gasteiger partial charge in [-0.3, -0.25) is 20.0 Å². The van der Waals surface area contributed by atoms with E-state index in [2.05, 4.69) is 25.4 Å². The van der Waals surface area contributed by atoms with Gasteiger partial charge in [0.2, 0.25) is 18.6 Å². The lowest BCUT2D eigenvalue weighted by molar-refractivity contribution is -0.122. The summed E-state index contributed by atoms with van der Waals surface area (Å²) in [6, 6.07) is 1.71. The predicted molar refractivity (Wildman–Crippen MR) is 93.3 cm³/mol. The summed E-state index contributed by atoms with van der Waals surface area (Å²) < 4.78 is 16.5. The molecule has 9 nitrogen and oxygen atoms in total. The predicted octanol–water partition coefficient (Wildman–Crippen LogP) is 2.06. The van der Waals surface area contributed by atoms with Gasteiger partial charge in [0, 0.05) is 24.7 Å². The number of piperidine rings is 1. The van der Waals surface area contributed by atoms with E-state index in [1.165, 1.54) is 0 Å². The SMILES string of the molecule is O=C(Nc1nnc(C2CC2)o1)C1CCCCN1Cc1nccc2c1OCO2. The second kappa shape index (κ2) is 6.80. The number of nitrogens with one attached hydrogen (secondary N) is 1. The van der Waals surface area contributed by atoms with Crippen molar-refractivity contribution in [2.45, 2.75) is 50.6 Å².